The van der Waals surface area contributed by atoms with Crippen LogP contribution in [0.2, 0.25) is 0 Å². The van der Waals surface area contributed by atoms with Gasteiger partial charge in [-0.1, -0.05) is 70.4 Å². The Balaban J connectivity index is 1.97. The monoisotopic (exact) mass is 458 g/mol. The van der Waals surface area contributed by atoms with Gasteiger partial charge < -0.3 is 29.5 Å². The summed E-state index contributed by atoms with van der Waals surface area (Å²) in [6.07, 6.45) is 14.4. The minimum absolute atomic E-state index is 0.186. The first-order valence-corrected chi connectivity index (χ1v) is 12.5. The van der Waals surface area contributed by atoms with Crippen LogP contribution in [-0.4, -0.2) is 65.7 Å². The highest BCUT2D eigenvalue weighted by molar-refractivity contribution is 5.69. The van der Waals surface area contributed by atoms with E-state index in [1.807, 2.05) is 0 Å². The zero-order chi connectivity index (χ0) is 23.6. The van der Waals surface area contributed by atoms with E-state index in [2.05, 4.69) is 19.1 Å². The van der Waals surface area contributed by atoms with E-state index in [1.165, 1.54) is 58.5 Å². The lowest BCUT2D eigenvalue weighted by molar-refractivity contribution is -0.295. The lowest BCUT2D eigenvalue weighted by Gasteiger charge is -2.39. The predicted molar refractivity (Wildman–Crippen MR) is 124 cm³/mol. The molecular formula is C25H46O7. The van der Waals surface area contributed by atoms with E-state index in [4.69, 9.17) is 14.2 Å². The van der Waals surface area contributed by atoms with Crippen LogP contribution < -0.4 is 0 Å². The number of carbonyl (C=O) groups is 1. The first-order chi connectivity index (χ1) is 15.5. The second-order valence-corrected chi connectivity index (χ2v) is 8.77. The summed E-state index contributed by atoms with van der Waals surface area (Å²) in [5.41, 5.74) is 0. The van der Waals surface area contributed by atoms with Gasteiger partial charge in [0.2, 0.25) is 0 Å². The molecule has 7 heteroatoms. The van der Waals surface area contributed by atoms with Gasteiger partial charge in [-0.25, -0.2) is 0 Å². The predicted octanol–water partition coefficient (Wildman–Crippen LogP) is 4.02. The molecule has 1 fully saturated rings. The van der Waals surface area contributed by atoms with Crippen LogP contribution in [0.5, 0.6) is 0 Å². The highest BCUT2D eigenvalue weighted by Crippen LogP contribution is 2.22. The quantitative estimate of drug-likeness (QED) is 0.162. The molecule has 1 aliphatic rings. The van der Waals surface area contributed by atoms with Gasteiger partial charge in [-0.3, -0.25) is 4.79 Å². The Morgan fingerprint density at radius 3 is 1.97 bits per heavy atom. The number of methoxy groups -OCH3 is 1. The summed E-state index contributed by atoms with van der Waals surface area (Å²) in [6.45, 7) is 2.06. The molecular weight excluding hydrogens is 412 g/mol. The molecule has 3 N–H and O–H groups in total. The number of hydrogen-bond acceptors (Lipinski definition) is 7. The molecule has 0 aromatic rings. The number of carbonyl (C=O) groups excluding carboxylic acids is 1. The Morgan fingerprint density at radius 1 is 0.812 bits per heavy atom. The number of aliphatic hydroxyl groups excluding tert-OH is 3. The molecule has 0 aliphatic carbocycles. The maximum atomic E-state index is 11.9. The fourth-order valence-corrected chi connectivity index (χ4v) is 3.84. The minimum atomic E-state index is -1.41. The van der Waals surface area contributed by atoms with E-state index in [0.29, 0.717) is 6.42 Å². The summed E-state index contributed by atoms with van der Waals surface area (Å²) in [5.74, 6) is -0.354. The molecule has 1 aliphatic heterocycles. The lowest BCUT2D eigenvalue weighted by Crippen LogP contribution is -2.59. The molecule has 5 atom stereocenters. The van der Waals surface area contributed by atoms with Crippen LogP contribution in [0.3, 0.4) is 0 Å². The molecule has 1 heterocycles. The largest absolute Gasteiger partial charge is 0.463 e. The van der Waals surface area contributed by atoms with Crippen molar-refractivity contribution < 1.29 is 34.3 Å². The maximum Gasteiger partial charge on any atom is 0.305 e. The SMILES string of the molecule is CCCCCCCC/C=C\CCCCCCCC(=O)OC[C@H]1O[C@@H](OC)[C@H](O)[C@@H](O)[C@@H]1O. The van der Waals surface area contributed by atoms with Crippen molar-refractivity contribution in [2.24, 2.45) is 0 Å². The Bertz CT molecular complexity index is 495. The van der Waals surface area contributed by atoms with Crippen LogP contribution in [0.25, 0.3) is 0 Å². The number of rotatable bonds is 18. The molecule has 188 valence electrons. The van der Waals surface area contributed by atoms with E-state index in [1.54, 1.807) is 0 Å². The Kier molecular flexibility index (Phi) is 16.7. The summed E-state index contributed by atoms with van der Waals surface area (Å²) >= 11 is 0. The Hall–Kier alpha value is -0.990. The highest BCUT2D eigenvalue weighted by Gasteiger charge is 2.44. The fraction of sp³-hybridized carbons (Fsp3) is 0.880. The van der Waals surface area contributed by atoms with Crippen LogP contribution in [-0.2, 0) is 19.0 Å². The summed E-state index contributed by atoms with van der Waals surface area (Å²) in [4.78, 5) is 11.9. The molecule has 0 spiro atoms. The molecule has 1 rings (SSSR count). The van der Waals surface area contributed by atoms with Gasteiger partial charge in [0.25, 0.3) is 0 Å². The summed E-state index contributed by atoms with van der Waals surface area (Å²) < 4.78 is 15.4. The Labute approximate surface area is 194 Å². The van der Waals surface area contributed by atoms with Crippen molar-refractivity contribution in [3.8, 4) is 0 Å². The molecule has 0 aromatic carbocycles. The number of esters is 1. The molecule has 1 saturated heterocycles. The van der Waals surface area contributed by atoms with E-state index >= 15 is 0 Å². The van der Waals surface area contributed by atoms with Gasteiger partial charge in [0.1, 0.15) is 31.0 Å². The molecule has 7 nitrogen and oxygen atoms in total. The number of allylic oxidation sites excluding steroid dienone is 2. The average Bonchev–Trinajstić information content (AvgIpc) is 2.79. The summed E-state index contributed by atoms with van der Waals surface area (Å²) in [6, 6.07) is 0. The molecule has 32 heavy (non-hydrogen) atoms. The van der Waals surface area contributed by atoms with Crippen LogP contribution >= 0.6 is 0 Å². The third kappa shape index (κ3) is 12.3. The molecule has 0 saturated carbocycles. The van der Waals surface area contributed by atoms with E-state index in [0.717, 1.165) is 32.1 Å². The smallest absolute Gasteiger partial charge is 0.305 e. The molecule has 0 unspecified atom stereocenters. The minimum Gasteiger partial charge on any atom is -0.463 e. The third-order valence-electron chi connectivity index (χ3n) is 5.95. The van der Waals surface area contributed by atoms with Gasteiger partial charge >= 0.3 is 5.97 Å². The van der Waals surface area contributed by atoms with Crippen LogP contribution in [0.4, 0.5) is 0 Å². The van der Waals surface area contributed by atoms with Crippen molar-refractivity contribution in [1.29, 1.82) is 0 Å². The van der Waals surface area contributed by atoms with Crippen LogP contribution in [0.1, 0.15) is 96.8 Å². The maximum absolute atomic E-state index is 11.9. The first-order valence-electron chi connectivity index (χ1n) is 12.5. The van der Waals surface area contributed by atoms with Crippen molar-refractivity contribution in [2.75, 3.05) is 13.7 Å². The first kappa shape index (κ1) is 29.0. The van der Waals surface area contributed by atoms with Crippen molar-refractivity contribution in [3.63, 3.8) is 0 Å². The zero-order valence-corrected chi connectivity index (χ0v) is 20.1. The average molecular weight is 459 g/mol. The zero-order valence-electron chi connectivity index (χ0n) is 20.1. The van der Waals surface area contributed by atoms with E-state index < -0.39 is 30.7 Å². The molecule has 0 bridgehead atoms. The topological polar surface area (TPSA) is 105 Å². The number of aliphatic hydroxyl groups is 3. The second-order valence-electron chi connectivity index (χ2n) is 8.77. The number of unbranched alkanes of at least 4 members (excludes halogenated alkanes) is 11. The van der Waals surface area contributed by atoms with Crippen LogP contribution in [0.15, 0.2) is 12.2 Å². The molecule has 0 amide bonds. The van der Waals surface area contributed by atoms with E-state index in [-0.39, 0.29) is 12.6 Å². The fourth-order valence-electron chi connectivity index (χ4n) is 3.84. The van der Waals surface area contributed by atoms with Crippen molar-refractivity contribution >= 4 is 5.97 Å². The van der Waals surface area contributed by atoms with E-state index in [9.17, 15) is 20.1 Å². The van der Waals surface area contributed by atoms with Gasteiger partial charge in [0, 0.05) is 13.5 Å². The normalized spacial score (nSPS) is 26.0. The van der Waals surface area contributed by atoms with Crippen molar-refractivity contribution in [1.82, 2.24) is 0 Å². The van der Waals surface area contributed by atoms with Gasteiger partial charge in [0.15, 0.2) is 6.29 Å². The van der Waals surface area contributed by atoms with Gasteiger partial charge in [0.05, 0.1) is 0 Å². The highest BCUT2D eigenvalue weighted by atomic mass is 16.7. The van der Waals surface area contributed by atoms with Gasteiger partial charge in [-0.05, 0) is 32.1 Å². The number of hydrogen-bond donors (Lipinski definition) is 3. The summed E-state index contributed by atoms with van der Waals surface area (Å²) in [7, 11) is 1.33. The number of ether oxygens (including phenoxy) is 3. The van der Waals surface area contributed by atoms with Crippen LogP contribution in [0, 0.1) is 0 Å². The molecule has 0 aromatic heterocycles. The second kappa shape index (κ2) is 18.4. The van der Waals surface area contributed by atoms with Crippen molar-refractivity contribution in [2.45, 2.75) is 128 Å². The van der Waals surface area contributed by atoms with Gasteiger partial charge in [-0.15, -0.1) is 0 Å². The molecule has 0 radical (unpaired) electrons. The third-order valence-corrected chi connectivity index (χ3v) is 5.95. The van der Waals surface area contributed by atoms with Crippen molar-refractivity contribution in [3.05, 3.63) is 12.2 Å². The standard InChI is InChI=1S/C25H46O7/c1-3-4-5-6-7-8-9-10-11-12-13-14-15-16-17-18-21(26)31-19-20-22(27)23(28)24(29)25(30-2)32-20/h10-11,20,22-25,27-29H,3-9,12-19H2,1-2H3/b11-10-/t20-,22-,23+,24-,25-/m1/s1. The Morgan fingerprint density at radius 2 is 1.38 bits per heavy atom. The summed E-state index contributed by atoms with van der Waals surface area (Å²) in [5, 5.41) is 29.5. The van der Waals surface area contributed by atoms with Gasteiger partial charge in [-0.2, -0.15) is 0 Å². The lowest BCUT2D eigenvalue weighted by atomic mass is 9.99.